The summed E-state index contributed by atoms with van der Waals surface area (Å²) in [5, 5.41) is 9.34. The van der Waals surface area contributed by atoms with Crippen LogP contribution >= 0.6 is 0 Å². The summed E-state index contributed by atoms with van der Waals surface area (Å²) >= 11 is 0. The van der Waals surface area contributed by atoms with Crippen LogP contribution in [0.4, 0.5) is 11.9 Å². The zero-order valence-electron chi connectivity index (χ0n) is 12.8. The van der Waals surface area contributed by atoms with E-state index in [9.17, 15) is 4.79 Å². The first-order valence-electron chi connectivity index (χ1n) is 6.71. The molecule has 0 aliphatic rings. The van der Waals surface area contributed by atoms with Crippen LogP contribution < -0.4 is 15.9 Å². The number of hydrogen-bond donors (Lipinski definition) is 3. The topological polar surface area (TPSA) is 115 Å². The second-order valence-corrected chi connectivity index (χ2v) is 5.30. The van der Waals surface area contributed by atoms with Gasteiger partial charge in [-0.25, -0.2) is 9.89 Å². The second-order valence-electron chi connectivity index (χ2n) is 5.30. The lowest BCUT2D eigenvalue weighted by atomic mass is 10.2. The summed E-state index contributed by atoms with van der Waals surface area (Å²) in [7, 11) is 3.75. The van der Waals surface area contributed by atoms with E-state index in [2.05, 4.69) is 35.5 Å². The molecule has 2 rings (SSSR count). The lowest BCUT2D eigenvalue weighted by Gasteiger charge is -2.16. The highest BCUT2D eigenvalue weighted by Crippen LogP contribution is 2.17. The molecule has 0 aromatic carbocycles. The maximum Gasteiger partial charge on any atom is 0.340 e. The van der Waals surface area contributed by atoms with Gasteiger partial charge in [0.05, 0.1) is 6.04 Å². The molecule has 0 unspecified atom stereocenters. The van der Waals surface area contributed by atoms with Gasteiger partial charge in [0.15, 0.2) is 5.82 Å². The Bertz CT molecular complexity index is 633. The van der Waals surface area contributed by atoms with Gasteiger partial charge >= 0.3 is 5.69 Å². The van der Waals surface area contributed by atoms with Gasteiger partial charge in [-0.2, -0.15) is 20.1 Å². The van der Waals surface area contributed by atoms with Crippen molar-refractivity contribution in [3.63, 3.8) is 0 Å². The molecule has 2 aromatic rings. The summed E-state index contributed by atoms with van der Waals surface area (Å²) in [4.78, 5) is 28.7. The van der Waals surface area contributed by atoms with Crippen molar-refractivity contribution in [1.29, 1.82) is 0 Å². The Morgan fingerprint density at radius 3 is 2.38 bits per heavy atom. The number of aromatic amines is 2. The lowest BCUT2D eigenvalue weighted by molar-refractivity contribution is 0.735. The molecule has 0 saturated carbocycles. The van der Waals surface area contributed by atoms with Gasteiger partial charge < -0.3 is 10.2 Å². The predicted molar refractivity (Wildman–Crippen MR) is 79.5 cm³/mol. The first-order valence-corrected chi connectivity index (χ1v) is 6.71. The Balaban J connectivity index is 2.28. The molecule has 9 nitrogen and oxygen atoms in total. The van der Waals surface area contributed by atoms with Crippen molar-refractivity contribution in [2.75, 3.05) is 24.3 Å². The molecule has 1 atom stereocenters. The lowest BCUT2D eigenvalue weighted by Crippen LogP contribution is -2.19. The smallest absolute Gasteiger partial charge is 0.340 e. The highest BCUT2D eigenvalue weighted by atomic mass is 16.1. The average Bonchev–Trinajstić information content (AvgIpc) is 2.85. The number of rotatable bonds is 5. The van der Waals surface area contributed by atoms with Crippen LogP contribution in [0.2, 0.25) is 0 Å². The molecule has 2 heterocycles. The Hall–Kier alpha value is -2.45. The summed E-state index contributed by atoms with van der Waals surface area (Å²) in [6, 6.07) is -0.235. The number of aromatic nitrogens is 6. The van der Waals surface area contributed by atoms with E-state index in [1.807, 2.05) is 39.8 Å². The minimum atomic E-state index is -0.342. The molecule has 0 aliphatic carbocycles. The van der Waals surface area contributed by atoms with Crippen molar-refractivity contribution in [2.24, 2.45) is 0 Å². The van der Waals surface area contributed by atoms with Crippen molar-refractivity contribution in [1.82, 2.24) is 30.1 Å². The molecule has 3 N–H and O–H groups in total. The summed E-state index contributed by atoms with van der Waals surface area (Å²) in [6.07, 6.45) is 0. The molecule has 21 heavy (non-hydrogen) atoms. The van der Waals surface area contributed by atoms with Crippen LogP contribution in [0.1, 0.15) is 44.4 Å². The van der Waals surface area contributed by atoms with Crippen molar-refractivity contribution in [2.45, 2.75) is 32.7 Å². The van der Waals surface area contributed by atoms with Crippen LogP contribution in [0.15, 0.2) is 4.79 Å². The number of nitrogens with zero attached hydrogens (tertiary/aromatic N) is 5. The normalized spacial score (nSPS) is 12.5. The number of anilines is 2. The van der Waals surface area contributed by atoms with E-state index in [1.54, 1.807) is 0 Å². The minimum Gasteiger partial charge on any atom is -0.347 e. The third-order valence-corrected chi connectivity index (χ3v) is 2.83. The zero-order chi connectivity index (χ0) is 15.6. The minimum absolute atomic E-state index is 0.188. The Morgan fingerprint density at radius 2 is 1.86 bits per heavy atom. The van der Waals surface area contributed by atoms with E-state index >= 15 is 0 Å². The van der Waals surface area contributed by atoms with Gasteiger partial charge in [0.2, 0.25) is 11.9 Å². The molecule has 0 aliphatic heterocycles. The standard InChI is InChI=1S/C12H20N8O/c1-6(2)8-14-10(17-11(15-8)20(4)5)13-7(3)9-16-12(21)19-18-9/h6-7H,1-5H3,(H,13,14,15,17)(H2,16,18,19,21)/t7-/m0/s1. The molecule has 9 heteroatoms. The molecule has 0 spiro atoms. The Kier molecular flexibility index (Phi) is 4.20. The van der Waals surface area contributed by atoms with Gasteiger partial charge in [-0.1, -0.05) is 13.8 Å². The van der Waals surface area contributed by atoms with Crippen molar-refractivity contribution in [3.05, 3.63) is 22.1 Å². The summed E-state index contributed by atoms with van der Waals surface area (Å²) in [6.45, 7) is 5.90. The fourth-order valence-electron chi connectivity index (χ4n) is 1.65. The van der Waals surface area contributed by atoms with E-state index in [0.717, 1.165) is 0 Å². The molecule has 0 radical (unpaired) electrons. The van der Waals surface area contributed by atoms with Gasteiger partial charge in [-0.3, -0.25) is 4.98 Å². The van der Waals surface area contributed by atoms with Crippen LogP contribution in [-0.4, -0.2) is 44.2 Å². The first-order chi connectivity index (χ1) is 9.86. The second kappa shape index (κ2) is 5.90. The first kappa shape index (κ1) is 14.9. The van der Waals surface area contributed by atoms with Crippen molar-refractivity contribution >= 4 is 11.9 Å². The van der Waals surface area contributed by atoms with Gasteiger partial charge in [-0.05, 0) is 6.92 Å². The third-order valence-electron chi connectivity index (χ3n) is 2.83. The summed E-state index contributed by atoms with van der Waals surface area (Å²) in [5.74, 6) is 2.43. The number of nitrogens with one attached hydrogen (secondary N) is 3. The SMILES string of the molecule is CC(C)c1nc(N[C@@H](C)c2n[nH]c(=O)[nH]2)nc(N(C)C)n1. The van der Waals surface area contributed by atoms with Crippen molar-refractivity contribution < 1.29 is 0 Å². The fourth-order valence-corrected chi connectivity index (χ4v) is 1.65. The van der Waals surface area contributed by atoms with E-state index < -0.39 is 0 Å². The van der Waals surface area contributed by atoms with E-state index in [0.29, 0.717) is 23.5 Å². The van der Waals surface area contributed by atoms with Crippen LogP contribution in [0.25, 0.3) is 0 Å². The van der Waals surface area contributed by atoms with Crippen LogP contribution in [0.3, 0.4) is 0 Å². The monoisotopic (exact) mass is 292 g/mol. The quantitative estimate of drug-likeness (QED) is 0.740. The molecule has 0 fully saturated rings. The molecular weight excluding hydrogens is 272 g/mol. The van der Waals surface area contributed by atoms with E-state index in [1.165, 1.54) is 0 Å². The maximum absolute atomic E-state index is 11.1. The fraction of sp³-hybridized carbons (Fsp3) is 0.583. The van der Waals surface area contributed by atoms with E-state index in [-0.39, 0.29) is 17.6 Å². The van der Waals surface area contributed by atoms with E-state index in [4.69, 9.17) is 0 Å². The third kappa shape index (κ3) is 3.56. The molecule has 114 valence electrons. The van der Waals surface area contributed by atoms with Gasteiger partial charge in [-0.15, -0.1) is 0 Å². The maximum atomic E-state index is 11.1. The molecule has 0 amide bonds. The average molecular weight is 292 g/mol. The summed E-state index contributed by atoms with van der Waals surface area (Å²) < 4.78 is 0. The zero-order valence-corrected chi connectivity index (χ0v) is 12.8. The van der Waals surface area contributed by atoms with Crippen molar-refractivity contribution in [3.8, 4) is 0 Å². The van der Waals surface area contributed by atoms with Gasteiger partial charge in [0, 0.05) is 20.0 Å². The van der Waals surface area contributed by atoms with Crippen LogP contribution in [0, 0.1) is 0 Å². The summed E-state index contributed by atoms with van der Waals surface area (Å²) in [5.41, 5.74) is -0.342. The molecular formula is C12H20N8O. The highest BCUT2D eigenvalue weighted by molar-refractivity contribution is 5.37. The molecule has 2 aromatic heterocycles. The van der Waals surface area contributed by atoms with Gasteiger partial charge in [0.25, 0.3) is 0 Å². The Morgan fingerprint density at radius 1 is 1.14 bits per heavy atom. The van der Waals surface area contributed by atoms with Crippen LogP contribution in [0.5, 0.6) is 0 Å². The van der Waals surface area contributed by atoms with Gasteiger partial charge in [0.1, 0.15) is 5.82 Å². The Labute approximate surface area is 122 Å². The highest BCUT2D eigenvalue weighted by Gasteiger charge is 2.15. The molecule has 0 bridgehead atoms. The largest absolute Gasteiger partial charge is 0.347 e. The number of hydrogen-bond acceptors (Lipinski definition) is 7. The number of H-pyrrole nitrogens is 2. The predicted octanol–water partition coefficient (Wildman–Crippen LogP) is 0.645. The molecule has 0 saturated heterocycles. The van der Waals surface area contributed by atoms with Crippen LogP contribution in [-0.2, 0) is 0 Å².